The largest absolute Gasteiger partial charge is 0.462 e. The van der Waals surface area contributed by atoms with Gasteiger partial charge in [0, 0.05) is 19.3 Å². The molecule has 0 fully saturated rings. The van der Waals surface area contributed by atoms with Crippen LogP contribution in [0, 0.1) is 0 Å². The Bertz CT molecular complexity index is 1470. The summed E-state index contributed by atoms with van der Waals surface area (Å²) in [5, 5.41) is 0. The molecule has 0 saturated heterocycles. The number of carbonyl (C=O) groups excluding carboxylic acids is 3. The van der Waals surface area contributed by atoms with E-state index in [-0.39, 0.29) is 37.5 Å². The molecule has 0 heterocycles. The third-order valence-electron chi connectivity index (χ3n) is 12.5. The van der Waals surface area contributed by atoms with Crippen molar-refractivity contribution in [1.82, 2.24) is 0 Å². The Labute approximate surface area is 444 Å². The van der Waals surface area contributed by atoms with Crippen LogP contribution in [0.2, 0.25) is 0 Å². The van der Waals surface area contributed by atoms with Gasteiger partial charge in [0.15, 0.2) is 6.10 Å². The van der Waals surface area contributed by atoms with Gasteiger partial charge in [-0.05, 0) is 103 Å². The Kier molecular flexibility index (Phi) is 56.4. The molecule has 0 aromatic rings. The summed E-state index contributed by atoms with van der Waals surface area (Å²) in [5.74, 6) is -0.964. The molecule has 0 aromatic carbocycles. The smallest absolute Gasteiger partial charge is 0.306 e. The lowest BCUT2D eigenvalue weighted by atomic mass is 10.0. The van der Waals surface area contributed by atoms with Crippen LogP contribution in [-0.2, 0) is 28.6 Å². The number of esters is 3. The van der Waals surface area contributed by atoms with Crippen molar-refractivity contribution in [2.75, 3.05) is 13.2 Å². The Balaban J connectivity index is 4.48. The van der Waals surface area contributed by atoms with Crippen molar-refractivity contribution in [2.45, 2.75) is 277 Å². The van der Waals surface area contributed by atoms with Crippen molar-refractivity contribution < 1.29 is 28.6 Å². The Morgan fingerprint density at radius 2 is 0.556 bits per heavy atom. The van der Waals surface area contributed by atoms with Gasteiger partial charge < -0.3 is 14.2 Å². The minimum atomic E-state index is -0.807. The van der Waals surface area contributed by atoms with Gasteiger partial charge in [-0.1, -0.05) is 259 Å². The average molecular weight is 1000 g/mol. The molecule has 0 N–H and O–H groups in total. The van der Waals surface area contributed by atoms with Gasteiger partial charge >= 0.3 is 17.9 Å². The van der Waals surface area contributed by atoms with E-state index in [0.29, 0.717) is 19.3 Å². The second-order valence-corrected chi connectivity index (χ2v) is 19.5. The van der Waals surface area contributed by atoms with Gasteiger partial charge in [0.1, 0.15) is 13.2 Å². The summed E-state index contributed by atoms with van der Waals surface area (Å²) < 4.78 is 16.8. The molecule has 6 heteroatoms. The predicted octanol–water partition coefficient (Wildman–Crippen LogP) is 20.3. The molecule has 0 bridgehead atoms. The summed E-state index contributed by atoms with van der Waals surface area (Å²) in [7, 11) is 0. The van der Waals surface area contributed by atoms with Crippen LogP contribution < -0.4 is 0 Å². The van der Waals surface area contributed by atoms with Gasteiger partial charge in [0.25, 0.3) is 0 Å². The number of hydrogen-bond acceptors (Lipinski definition) is 6. The number of unbranched alkanes of at least 4 members (excludes halogenated alkanes) is 24. The summed E-state index contributed by atoms with van der Waals surface area (Å²) in [5.41, 5.74) is 0. The maximum atomic E-state index is 12.9. The van der Waals surface area contributed by atoms with E-state index in [2.05, 4.69) is 130 Å². The topological polar surface area (TPSA) is 78.9 Å². The van der Waals surface area contributed by atoms with E-state index in [4.69, 9.17) is 14.2 Å². The number of hydrogen-bond donors (Lipinski definition) is 0. The molecule has 0 saturated carbocycles. The predicted molar refractivity (Wildman–Crippen MR) is 311 cm³/mol. The fourth-order valence-electron chi connectivity index (χ4n) is 8.05. The number of allylic oxidation sites excluding steroid dienone is 18. The lowest BCUT2D eigenvalue weighted by molar-refractivity contribution is -0.167. The zero-order valence-electron chi connectivity index (χ0n) is 46.9. The van der Waals surface area contributed by atoms with Crippen LogP contribution in [0.1, 0.15) is 271 Å². The van der Waals surface area contributed by atoms with Gasteiger partial charge in [-0.25, -0.2) is 0 Å². The van der Waals surface area contributed by atoms with E-state index in [9.17, 15) is 14.4 Å². The van der Waals surface area contributed by atoms with Crippen LogP contribution in [0.15, 0.2) is 109 Å². The molecule has 0 aliphatic rings. The standard InChI is InChI=1S/C66H110O6/c1-4-7-10-13-16-19-22-25-28-30-31-32-33-34-35-37-38-41-44-47-50-53-56-59-65(68)71-62-63(61-70-64(67)58-55-52-49-46-43-40-27-24-21-18-15-12-9-6-3)72-66(69)60-57-54-51-48-45-42-39-36-29-26-23-20-17-14-11-8-5-2/h7,10,16-17,19-20,25-26,28-29,31-32,34-35,38,41,47,50,63H,4-6,8-9,11-15,18,21-24,27,30,33,36-37,39-40,42-46,48-49,51-62H2,1-3H3/b10-7-,19-16-,20-17-,28-25-,29-26-,32-31-,35-34-,41-38-,50-47-. The molecule has 0 rings (SSSR count). The Morgan fingerprint density at radius 1 is 0.292 bits per heavy atom. The number of rotatable bonds is 53. The van der Waals surface area contributed by atoms with Crippen LogP contribution in [-0.4, -0.2) is 37.2 Å². The maximum Gasteiger partial charge on any atom is 0.306 e. The van der Waals surface area contributed by atoms with Crippen molar-refractivity contribution in [3.8, 4) is 0 Å². The highest BCUT2D eigenvalue weighted by Crippen LogP contribution is 2.15. The zero-order chi connectivity index (χ0) is 52.2. The van der Waals surface area contributed by atoms with Crippen molar-refractivity contribution in [3.63, 3.8) is 0 Å². The molecule has 1 unspecified atom stereocenters. The SMILES string of the molecule is CC/C=C\C/C=C\C/C=C\C/C=C\C/C=C\C/C=C\C/C=C\CCCC(=O)OCC(COC(=O)CCCCCCCCCCCCCCCC)OC(=O)CCCCCCCCC/C=C\C/C=C\CCCCC. The van der Waals surface area contributed by atoms with Crippen LogP contribution >= 0.6 is 0 Å². The molecular formula is C66H110O6. The van der Waals surface area contributed by atoms with Gasteiger partial charge in [0.2, 0.25) is 0 Å². The number of ether oxygens (including phenoxy) is 3. The lowest BCUT2D eigenvalue weighted by Gasteiger charge is -2.18. The van der Waals surface area contributed by atoms with E-state index < -0.39 is 6.10 Å². The first-order valence-electron chi connectivity index (χ1n) is 29.9. The third-order valence-corrected chi connectivity index (χ3v) is 12.5. The second kappa shape index (κ2) is 59.6. The van der Waals surface area contributed by atoms with Crippen molar-refractivity contribution in [1.29, 1.82) is 0 Å². The second-order valence-electron chi connectivity index (χ2n) is 19.5. The van der Waals surface area contributed by atoms with E-state index >= 15 is 0 Å². The monoisotopic (exact) mass is 999 g/mol. The molecule has 72 heavy (non-hydrogen) atoms. The molecule has 0 spiro atoms. The van der Waals surface area contributed by atoms with Crippen molar-refractivity contribution >= 4 is 17.9 Å². The molecule has 0 amide bonds. The first-order chi connectivity index (χ1) is 35.5. The molecule has 0 aliphatic heterocycles. The quantitative estimate of drug-likeness (QED) is 0.0261. The first kappa shape index (κ1) is 68.1. The fraction of sp³-hybridized carbons (Fsp3) is 0.682. The van der Waals surface area contributed by atoms with E-state index in [1.165, 1.54) is 122 Å². The van der Waals surface area contributed by atoms with Crippen molar-refractivity contribution in [3.05, 3.63) is 109 Å². The fourth-order valence-corrected chi connectivity index (χ4v) is 8.05. The van der Waals surface area contributed by atoms with Crippen LogP contribution in [0.5, 0.6) is 0 Å². The summed E-state index contributed by atoms with van der Waals surface area (Å²) in [6.07, 6.45) is 80.8. The molecule has 0 radical (unpaired) electrons. The van der Waals surface area contributed by atoms with Crippen LogP contribution in [0.25, 0.3) is 0 Å². The Hall–Kier alpha value is -3.93. The molecule has 6 nitrogen and oxygen atoms in total. The summed E-state index contributed by atoms with van der Waals surface area (Å²) in [6.45, 7) is 6.46. The van der Waals surface area contributed by atoms with Gasteiger partial charge in [0.05, 0.1) is 0 Å². The third kappa shape index (κ3) is 57.0. The van der Waals surface area contributed by atoms with Gasteiger partial charge in [-0.3, -0.25) is 14.4 Å². The molecule has 0 aromatic heterocycles. The van der Waals surface area contributed by atoms with E-state index in [1.54, 1.807) is 0 Å². The first-order valence-corrected chi connectivity index (χ1v) is 29.9. The average Bonchev–Trinajstić information content (AvgIpc) is 3.38. The Morgan fingerprint density at radius 3 is 0.931 bits per heavy atom. The van der Waals surface area contributed by atoms with Crippen LogP contribution in [0.4, 0.5) is 0 Å². The summed E-state index contributed by atoms with van der Waals surface area (Å²) in [6, 6.07) is 0. The maximum absolute atomic E-state index is 12.9. The highest BCUT2D eigenvalue weighted by Gasteiger charge is 2.19. The molecular weight excluding hydrogens is 889 g/mol. The summed E-state index contributed by atoms with van der Waals surface area (Å²) in [4.78, 5) is 38.2. The van der Waals surface area contributed by atoms with Gasteiger partial charge in [-0.15, -0.1) is 0 Å². The molecule has 1 atom stereocenters. The summed E-state index contributed by atoms with van der Waals surface area (Å²) >= 11 is 0. The van der Waals surface area contributed by atoms with E-state index in [0.717, 1.165) is 103 Å². The zero-order valence-corrected chi connectivity index (χ0v) is 46.9. The molecule has 410 valence electrons. The minimum Gasteiger partial charge on any atom is -0.462 e. The lowest BCUT2D eigenvalue weighted by Crippen LogP contribution is -2.30. The molecule has 0 aliphatic carbocycles. The van der Waals surface area contributed by atoms with Crippen LogP contribution in [0.3, 0.4) is 0 Å². The highest BCUT2D eigenvalue weighted by molar-refractivity contribution is 5.71. The van der Waals surface area contributed by atoms with Gasteiger partial charge in [-0.2, -0.15) is 0 Å². The highest BCUT2D eigenvalue weighted by atomic mass is 16.6. The van der Waals surface area contributed by atoms with E-state index in [1.807, 2.05) is 0 Å². The normalized spacial score (nSPS) is 12.9. The number of carbonyl (C=O) groups is 3. The van der Waals surface area contributed by atoms with Crippen molar-refractivity contribution in [2.24, 2.45) is 0 Å². The minimum absolute atomic E-state index is 0.0985.